The van der Waals surface area contributed by atoms with Crippen LogP contribution in [0.15, 0.2) is 72.3 Å². The van der Waals surface area contributed by atoms with Crippen LogP contribution in [0.2, 0.25) is 0 Å². The lowest BCUT2D eigenvalue weighted by Crippen LogP contribution is -2.12. The smallest absolute Gasteiger partial charge is 0.0471 e. The second-order valence-electron chi connectivity index (χ2n) is 6.16. The van der Waals surface area contributed by atoms with Crippen molar-refractivity contribution in [1.82, 2.24) is 0 Å². The molecule has 1 atom stereocenters. The molecule has 1 unspecified atom stereocenters. The van der Waals surface area contributed by atoms with Crippen LogP contribution < -0.4 is 0 Å². The zero-order chi connectivity index (χ0) is 14.9. The summed E-state index contributed by atoms with van der Waals surface area (Å²) in [4.78, 5) is 0. The maximum Gasteiger partial charge on any atom is 0.0471 e. The predicted molar refractivity (Wildman–Crippen MR) is 90.8 cm³/mol. The molecule has 0 amide bonds. The molecule has 2 aromatic rings. The molecule has 0 aliphatic heterocycles. The van der Waals surface area contributed by atoms with Gasteiger partial charge in [0.15, 0.2) is 0 Å². The van der Waals surface area contributed by atoms with Gasteiger partial charge in [0, 0.05) is 12.5 Å². The number of rotatable bonds is 3. The molecule has 2 aliphatic rings. The van der Waals surface area contributed by atoms with Gasteiger partial charge in [-0.05, 0) is 41.0 Å². The second kappa shape index (κ2) is 5.58. The van der Waals surface area contributed by atoms with Gasteiger partial charge < -0.3 is 5.11 Å². The highest BCUT2D eigenvalue weighted by Gasteiger charge is 2.32. The number of aliphatic hydroxyl groups is 1. The average Bonchev–Trinajstić information content (AvgIpc) is 2.91. The Morgan fingerprint density at radius 2 is 1.55 bits per heavy atom. The molecule has 22 heavy (non-hydrogen) atoms. The molecule has 0 spiro atoms. The standard InChI is InChI=1S/C21H20O/c22-14-13-15-9-11-16(12-10-15)21-19-7-3-1-5-17(19)18-6-2-4-8-20(18)21/h1-11,16,21-22H,12-14H2. The molecule has 0 fully saturated rings. The lowest BCUT2D eigenvalue weighted by Gasteiger charge is -2.24. The van der Waals surface area contributed by atoms with E-state index >= 15 is 0 Å². The van der Waals surface area contributed by atoms with Crippen LogP contribution in [0.1, 0.15) is 29.9 Å². The van der Waals surface area contributed by atoms with E-state index in [4.69, 9.17) is 5.11 Å². The van der Waals surface area contributed by atoms with Gasteiger partial charge in [-0.15, -0.1) is 0 Å². The maximum absolute atomic E-state index is 9.08. The molecular weight excluding hydrogens is 268 g/mol. The summed E-state index contributed by atoms with van der Waals surface area (Å²) in [7, 11) is 0. The third-order valence-corrected chi connectivity index (χ3v) is 4.92. The van der Waals surface area contributed by atoms with Crippen molar-refractivity contribution in [3.05, 3.63) is 83.5 Å². The second-order valence-corrected chi connectivity index (χ2v) is 6.16. The van der Waals surface area contributed by atoms with E-state index in [9.17, 15) is 0 Å². The Kier molecular flexibility index (Phi) is 3.44. The highest BCUT2D eigenvalue weighted by molar-refractivity contribution is 5.79. The highest BCUT2D eigenvalue weighted by atomic mass is 16.2. The number of fused-ring (bicyclic) bond motifs is 3. The van der Waals surface area contributed by atoms with Crippen LogP contribution in [-0.4, -0.2) is 11.7 Å². The van der Waals surface area contributed by atoms with Crippen LogP contribution >= 0.6 is 0 Å². The average molecular weight is 288 g/mol. The van der Waals surface area contributed by atoms with Crippen molar-refractivity contribution >= 4 is 0 Å². The van der Waals surface area contributed by atoms with Crippen LogP contribution in [0.5, 0.6) is 0 Å². The first-order chi connectivity index (χ1) is 10.9. The number of allylic oxidation sites excluding steroid dienone is 3. The molecule has 1 heteroatoms. The molecule has 2 aliphatic carbocycles. The summed E-state index contributed by atoms with van der Waals surface area (Å²) in [5, 5.41) is 9.08. The van der Waals surface area contributed by atoms with E-state index in [1.54, 1.807) is 0 Å². The highest BCUT2D eigenvalue weighted by Crippen LogP contribution is 2.49. The Balaban J connectivity index is 1.73. The van der Waals surface area contributed by atoms with Crippen molar-refractivity contribution in [2.24, 2.45) is 5.92 Å². The Bertz CT molecular complexity index is 709. The molecule has 4 rings (SSSR count). The summed E-state index contributed by atoms with van der Waals surface area (Å²) in [5.41, 5.74) is 6.95. The van der Waals surface area contributed by atoms with E-state index in [2.05, 4.69) is 66.8 Å². The summed E-state index contributed by atoms with van der Waals surface area (Å²) in [6.07, 6.45) is 8.66. The largest absolute Gasteiger partial charge is 0.396 e. The molecule has 0 aromatic heterocycles. The summed E-state index contributed by atoms with van der Waals surface area (Å²) in [5.74, 6) is 0.961. The summed E-state index contributed by atoms with van der Waals surface area (Å²) >= 11 is 0. The quantitative estimate of drug-likeness (QED) is 0.869. The lowest BCUT2D eigenvalue weighted by molar-refractivity contribution is 0.300. The first-order valence-corrected chi connectivity index (χ1v) is 8.05. The van der Waals surface area contributed by atoms with Crippen molar-refractivity contribution in [3.63, 3.8) is 0 Å². The molecule has 0 saturated heterocycles. The fourth-order valence-electron chi connectivity index (χ4n) is 3.90. The van der Waals surface area contributed by atoms with Gasteiger partial charge in [0.25, 0.3) is 0 Å². The first-order valence-electron chi connectivity index (χ1n) is 8.05. The maximum atomic E-state index is 9.08. The number of hydrogen-bond acceptors (Lipinski definition) is 1. The third kappa shape index (κ3) is 2.13. The Morgan fingerprint density at radius 3 is 2.09 bits per heavy atom. The molecule has 1 nitrogen and oxygen atoms in total. The number of benzene rings is 2. The van der Waals surface area contributed by atoms with Crippen LogP contribution in [0.4, 0.5) is 0 Å². The van der Waals surface area contributed by atoms with Gasteiger partial charge in [0.2, 0.25) is 0 Å². The zero-order valence-electron chi connectivity index (χ0n) is 12.6. The molecule has 2 aromatic carbocycles. The van der Waals surface area contributed by atoms with Gasteiger partial charge in [-0.3, -0.25) is 0 Å². The van der Waals surface area contributed by atoms with Crippen LogP contribution in [0.25, 0.3) is 11.1 Å². The SMILES string of the molecule is OCCC1=CCC(C2c3ccccc3-c3ccccc32)C=C1. The van der Waals surface area contributed by atoms with Gasteiger partial charge >= 0.3 is 0 Å². The minimum atomic E-state index is 0.232. The normalized spacial score (nSPS) is 19.7. The first kappa shape index (κ1) is 13.5. The Morgan fingerprint density at radius 1 is 0.909 bits per heavy atom. The summed E-state index contributed by atoms with van der Waals surface area (Å²) in [6.45, 7) is 0.232. The minimum Gasteiger partial charge on any atom is -0.396 e. The molecule has 0 heterocycles. The summed E-state index contributed by atoms with van der Waals surface area (Å²) < 4.78 is 0. The van der Waals surface area contributed by atoms with Crippen molar-refractivity contribution < 1.29 is 5.11 Å². The van der Waals surface area contributed by atoms with E-state index in [0.29, 0.717) is 11.8 Å². The van der Waals surface area contributed by atoms with E-state index in [0.717, 1.165) is 12.8 Å². The summed E-state index contributed by atoms with van der Waals surface area (Å²) in [6, 6.07) is 17.6. The fourth-order valence-corrected chi connectivity index (χ4v) is 3.90. The Labute approximate surface area is 131 Å². The Hall–Kier alpha value is -2.12. The van der Waals surface area contributed by atoms with Gasteiger partial charge in [-0.1, -0.05) is 72.3 Å². The molecular formula is C21H20O. The molecule has 0 radical (unpaired) electrons. The van der Waals surface area contributed by atoms with Crippen LogP contribution in [0.3, 0.4) is 0 Å². The zero-order valence-corrected chi connectivity index (χ0v) is 12.6. The van der Waals surface area contributed by atoms with Crippen LogP contribution in [-0.2, 0) is 0 Å². The van der Waals surface area contributed by atoms with E-state index in [-0.39, 0.29) is 6.61 Å². The third-order valence-electron chi connectivity index (χ3n) is 4.92. The van der Waals surface area contributed by atoms with E-state index in [1.807, 2.05) is 0 Å². The minimum absolute atomic E-state index is 0.232. The molecule has 1 N–H and O–H groups in total. The van der Waals surface area contributed by atoms with E-state index < -0.39 is 0 Å². The van der Waals surface area contributed by atoms with Gasteiger partial charge in [-0.25, -0.2) is 0 Å². The number of aliphatic hydroxyl groups excluding tert-OH is 1. The molecule has 110 valence electrons. The van der Waals surface area contributed by atoms with Crippen molar-refractivity contribution in [1.29, 1.82) is 0 Å². The molecule has 0 bridgehead atoms. The van der Waals surface area contributed by atoms with Crippen molar-refractivity contribution in [3.8, 4) is 11.1 Å². The van der Waals surface area contributed by atoms with Gasteiger partial charge in [0.1, 0.15) is 0 Å². The fraction of sp³-hybridized carbons (Fsp3) is 0.238. The number of hydrogen-bond donors (Lipinski definition) is 1. The molecule has 0 saturated carbocycles. The van der Waals surface area contributed by atoms with E-state index in [1.165, 1.54) is 27.8 Å². The lowest BCUT2D eigenvalue weighted by atomic mass is 9.79. The van der Waals surface area contributed by atoms with Crippen molar-refractivity contribution in [2.45, 2.75) is 18.8 Å². The van der Waals surface area contributed by atoms with Gasteiger partial charge in [0.05, 0.1) is 0 Å². The topological polar surface area (TPSA) is 20.2 Å². The van der Waals surface area contributed by atoms with Crippen LogP contribution in [0, 0.1) is 5.92 Å². The monoisotopic (exact) mass is 288 g/mol. The van der Waals surface area contributed by atoms with Gasteiger partial charge in [-0.2, -0.15) is 0 Å². The predicted octanol–water partition coefficient (Wildman–Crippen LogP) is 4.68. The van der Waals surface area contributed by atoms with Crippen molar-refractivity contribution in [2.75, 3.05) is 6.61 Å².